The number of hydrogen-bond donors (Lipinski definition) is 1. The topological polar surface area (TPSA) is 55.4 Å². The molecule has 4 nitrogen and oxygen atoms in total. The standard InChI is InChI=1S/C13H16N2O2S/c16-12(17)10-4-6-11(7-5-10)14-13(18)15-8-2-1-3-9-15/h4-7H,1-3,8-9H2,(H,14,18)(H,16,17)/p-1. The SMILES string of the molecule is O=C([O-])c1ccc(NC(=S)N2CCCCC2)cc1. The molecule has 0 bridgehead atoms. The number of aromatic carboxylic acids is 1. The molecule has 0 aliphatic carbocycles. The van der Waals surface area contributed by atoms with Crippen LogP contribution in [0.4, 0.5) is 5.69 Å². The second kappa shape index (κ2) is 5.82. The molecule has 1 aliphatic rings. The smallest absolute Gasteiger partial charge is 0.173 e. The quantitative estimate of drug-likeness (QED) is 0.813. The van der Waals surface area contributed by atoms with E-state index in [9.17, 15) is 9.90 Å². The highest BCUT2D eigenvalue weighted by molar-refractivity contribution is 7.80. The van der Waals surface area contributed by atoms with E-state index < -0.39 is 5.97 Å². The first-order valence-electron chi connectivity index (χ1n) is 6.04. The molecule has 0 radical (unpaired) electrons. The van der Waals surface area contributed by atoms with Gasteiger partial charge in [0.1, 0.15) is 0 Å². The fourth-order valence-corrected chi connectivity index (χ4v) is 2.29. The number of carboxylic acid groups (broad SMARTS) is 1. The fraction of sp³-hybridized carbons (Fsp3) is 0.385. The summed E-state index contributed by atoms with van der Waals surface area (Å²) in [5, 5.41) is 14.4. The summed E-state index contributed by atoms with van der Waals surface area (Å²) in [7, 11) is 0. The Morgan fingerprint density at radius 1 is 1.17 bits per heavy atom. The van der Waals surface area contributed by atoms with Crippen LogP contribution in [0, 0.1) is 0 Å². The lowest BCUT2D eigenvalue weighted by molar-refractivity contribution is -0.255. The van der Waals surface area contributed by atoms with E-state index in [1.54, 1.807) is 12.1 Å². The summed E-state index contributed by atoms with van der Waals surface area (Å²) in [4.78, 5) is 12.8. The molecule has 0 atom stereocenters. The van der Waals surface area contributed by atoms with Crippen molar-refractivity contribution in [3.63, 3.8) is 0 Å². The fourth-order valence-electron chi connectivity index (χ4n) is 1.99. The summed E-state index contributed by atoms with van der Waals surface area (Å²) in [5.41, 5.74) is 0.972. The van der Waals surface area contributed by atoms with Crippen LogP contribution in [0.2, 0.25) is 0 Å². The molecule has 1 heterocycles. The third-order valence-electron chi connectivity index (χ3n) is 3.02. The average Bonchev–Trinajstić information content (AvgIpc) is 2.40. The molecule has 1 aromatic carbocycles. The highest BCUT2D eigenvalue weighted by Gasteiger charge is 2.12. The molecule has 0 aromatic heterocycles. The molecule has 1 saturated heterocycles. The van der Waals surface area contributed by atoms with Crippen LogP contribution in [0.5, 0.6) is 0 Å². The number of hydrogen-bond acceptors (Lipinski definition) is 3. The Balaban J connectivity index is 1.96. The number of rotatable bonds is 2. The summed E-state index contributed by atoms with van der Waals surface area (Å²) in [6.45, 7) is 1.98. The molecule has 1 fully saturated rings. The maximum atomic E-state index is 10.6. The van der Waals surface area contributed by atoms with Crippen molar-refractivity contribution in [2.45, 2.75) is 19.3 Å². The van der Waals surface area contributed by atoms with Gasteiger partial charge in [-0.05, 0) is 49.2 Å². The maximum Gasteiger partial charge on any atom is 0.173 e. The Morgan fingerprint density at radius 3 is 2.33 bits per heavy atom. The number of nitrogens with zero attached hydrogens (tertiary/aromatic N) is 1. The molecule has 5 heteroatoms. The molecule has 1 N–H and O–H groups in total. The van der Waals surface area contributed by atoms with E-state index >= 15 is 0 Å². The van der Waals surface area contributed by atoms with Crippen LogP contribution >= 0.6 is 12.2 Å². The van der Waals surface area contributed by atoms with Crippen molar-refractivity contribution in [3.05, 3.63) is 29.8 Å². The Labute approximate surface area is 112 Å². The highest BCUT2D eigenvalue weighted by Crippen LogP contribution is 2.13. The average molecular weight is 263 g/mol. The Kier molecular flexibility index (Phi) is 4.15. The van der Waals surface area contributed by atoms with Gasteiger partial charge in [0.05, 0.1) is 5.97 Å². The van der Waals surface area contributed by atoms with Crippen LogP contribution in [0.25, 0.3) is 0 Å². The van der Waals surface area contributed by atoms with Gasteiger partial charge in [-0.1, -0.05) is 12.1 Å². The van der Waals surface area contributed by atoms with E-state index in [0.717, 1.165) is 18.8 Å². The molecule has 18 heavy (non-hydrogen) atoms. The molecule has 0 amide bonds. The van der Waals surface area contributed by atoms with Gasteiger partial charge in [-0.15, -0.1) is 0 Å². The number of thiocarbonyl (C=S) groups is 1. The van der Waals surface area contributed by atoms with Crippen LogP contribution in [0.3, 0.4) is 0 Å². The number of carbonyl (C=O) groups is 1. The number of piperidine rings is 1. The van der Waals surface area contributed by atoms with Crippen molar-refractivity contribution in [1.82, 2.24) is 4.90 Å². The number of carbonyl (C=O) groups excluding carboxylic acids is 1. The van der Waals surface area contributed by atoms with Crippen molar-refractivity contribution in [2.75, 3.05) is 18.4 Å². The first-order chi connectivity index (χ1) is 8.66. The minimum Gasteiger partial charge on any atom is -0.545 e. The third kappa shape index (κ3) is 3.20. The normalized spacial score (nSPS) is 15.2. The largest absolute Gasteiger partial charge is 0.545 e. The van der Waals surface area contributed by atoms with Gasteiger partial charge >= 0.3 is 0 Å². The van der Waals surface area contributed by atoms with Crippen molar-refractivity contribution in [2.24, 2.45) is 0 Å². The summed E-state index contributed by atoms with van der Waals surface area (Å²) in [6, 6.07) is 6.41. The van der Waals surface area contributed by atoms with E-state index in [1.165, 1.54) is 31.4 Å². The van der Waals surface area contributed by atoms with Crippen molar-refractivity contribution >= 4 is 29.0 Å². The van der Waals surface area contributed by atoms with E-state index in [1.807, 2.05) is 0 Å². The van der Waals surface area contributed by atoms with E-state index in [2.05, 4.69) is 10.2 Å². The Bertz CT molecular complexity index is 439. The second-order valence-electron chi connectivity index (χ2n) is 4.34. The van der Waals surface area contributed by atoms with Crippen LogP contribution in [0.15, 0.2) is 24.3 Å². The van der Waals surface area contributed by atoms with Gasteiger partial charge < -0.3 is 20.1 Å². The zero-order valence-electron chi connectivity index (χ0n) is 10.0. The number of likely N-dealkylation sites (tertiary alicyclic amines) is 1. The van der Waals surface area contributed by atoms with Crippen molar-refractivity contribution in [3.8, 4) is 0 Å². The lowest BCUT2D eigenvalue weighted by Gasteiger charge is -2.29. The number of carboxylic acids is 1. The van der Waals surface area contributed by atoms with Crippen molar-refractivity contribution in [1.29, 1.82) is 0 Å². The molecular formula is C13H15N2O2S-. The van der Waals surface area contributed by atoms with Gasteiger partial charge in [-0.2, -0.15) is 0 Å². The van der Waals surface area contributed by atoms with E-state index in [-0.39, 0.29) is 5.56 Å². The molecule has 0 spiro atoms. The lowest BCUT2D eigenvalue weighted by Crippen LogP contribution is -2.38. The molecular weight excluding hydrogens is 248 g/mol. The number of benzene rings is 1. The van der Waals surface area contributed by atoms with Crippen LogP contribution in [0.1, 0.15) is 29.6 Å². The predicted molar refractivity (Wildman–Crippen MR) is 72.4 cm³/mol. The summed E-state index contributed by atoms with van der Waals surface area (Å²) in [6.07, 6.45) is 3.61. The van der Waals surface area contributed by atoms with E-state index in [0.29, 0.717) is 5.11 Å². The monoisotopic (exact) mass is 263 g/mol. The maximum absolute atomic E-state index is 10.6. The van der Waals surface area contributed by atoms with Gasteiger partial charge in [-0.25, -0.2) is 0 Å². The Morgan fingerprint density at radius 2 is 1.78 bits per heavy atom. The lowest BCUT2D eigenvalue weighted by atomic mass is 10.1. The van der Waals surface area contributed by atoms with Gasteiger partial charge in [0.2, 0.25) is 0 Å². The van der Waals surface area contributed by atoms with E-state index in [4.69, 9.17) is 12.2 Å². The molecule has 1 aromatic rings. The molecule has 2 rings (SSSR count). The van der Waals surface area contributed by atoms with Gasteiger partial charge in [0, 0.05) is 18.8 Å². The second-order valence-corrected chi connectivity index (χ2v) is 4.73. The number of anilines is 1. The van der Waals surface area contributed by atoms with Crippen molar-refractivity contribution < 1.29 is 9.90 Å². The summed E-state index contributed by atoms with van der Waals surface area (Å²) in [5.74, 6) is -1.17. The molecule has 0 unspecified atom stereocenters. The van der Waals surface area contributed by atoms with Crippen LogP contribution in [-0.4, -0.2) is 29.1 Å². The first kappa shape index (κ1) is 12.8. The van der Waals surface area contributed by atoms with Gasteiger partial charge in [-0.3, -0.25) is 0 Å². The number of nitrogens with one attached hydrogen (secondary N) is 1. The minimum absolute atomic E-state index is 0.171. The minimum atomic E-state index is -1.17. The van der Waals surface area contributed by atoms with Crippen LogP contribution in [-0.2, 0) is 0 Å². The molecule has 1 aliphatic heterocycles. The highest BCUT2D eigenvalue weighted by atomic mass is 32.1. The molecule has 0 saturated carbocycles. The Hall–Kier alpha value is -1.62. The predicted octanol–water partition coefficient (Wildman–Crippen LogP) is 1.23. The van der Waals surface area contributed by atoms with Crippen LogP contribution < -0.4 is 10.4 Å². The van der Waals surface area contributed by atoms with Gasteiger partial charge in [0.25, 0.3) is 0 Å². The zero-order valence-corrected chi connectivity index (χ0v) is 10.8. The summed E-state index contributed by atoms with van der Waals surface area (Å²) < 4.78 is 0. The first-order valence-corrected chi connectivity index (χ1v) is 6.45. The zero-order chi connectivity index (χ0) is 13.0. The summed E-state index contributed by atoms with van der Waals surface area (Å²) >= 11 is 5.33. The van der Waals surface area contributed by atoms with Gasteiger partial charge in [0.15, 0.2) is 5.11 Å². The third-order valence-corrected chi connectivity index (χ3v) is 3.38. The molecule has 96 valence electrons.